The molecule has 3 aliphatic rings. The highest BCUT2D eigenvalue weighted by Gasteiger charge is 2.36. The lowest BCUT2D eigenvalue weighted by Gasteiger charge is -2.35. The minimum Gasteiger partial charge on any atom is -0.377 e. The molecule has 2 atom stereocenters. The van der Waals surface area contributed by atoms with E-state index in [0.29, 0.717) is 37.1 Å². The van der Waals surface area contributed by atoms with Crippen LogP contribution in [0.25, 0.3) is 10.8 Å². The van der Waals surface area contributed by atoms with Gasteiger partial charge in [-0.15, -0.1) is 0 Å². The average Bonchev–Trinajstić information content (AvgIpc) is 3.88. The minimum atomic E-state index is -0.217. The fraction of sp³-hybridized carbons (Fsp3) is 0.333. The van der Waals surface area contributed by atoms with Crippen molar-refractivity contribution < 1.29 is 9.59 Å². The summed E-state index contributed by atoms with van der Waals surface area (Å²) in [7, 11) is 1.93. The summed E-state index contributed by atoms with van der Waals surface area (Å²) in [5.74, 6) is 0.226. The number of hydrogen-bond acceptors (Lipinski definition) is 6. The molecule has 3 N–H and O–H groups in total. The number of carbonyl (C=O) groups is 2. The number of aromatic nitrogens is 2. The normalized spacial score (nSPS) is 19.9. The van der Waals surface area contributed by atoms with Crippen LogP contribution in [0.5, 0.6) is 0 Å². The van der Waals surface area contributed by atoms with Crippen LogP contribution in [0.2, 0.25) is 0 Å². The molecule has 2 unspecified atom stereocenters. The van der Waals surface area contributed by atoms with Gasteiger partial charge < -0.3 is 20.4 Å². The maximum atomic E-state index is 13.4. The molecule has 0 spiro atoms. The highest BCUT2D eigenvalue weighted by molar-refractivity contribution is 5.97. The summed E-state index contributed by atoms with van der Waals surface area (Å²) in [5.41, 5.74) is 5.39. The molecule has 7 rings (SSSR count). The predicted octanol–water partition coefficient (Wildman–Crippen LogP) is 3.64. The Morgan fingerprint density at radius 2 is 1.60 bits per heavy atom. The summed E-state index contributed by atoms with van der Waals surface area (Å²) < 4.78 is 0. The molecule has 42 heavy (non-hydrogen) atoms. The monoisotopic (exact) mass is 562 g/mol. The molecule has 2 fully saturated rings. The van der Waals surface area contributed by atoms with Crippen LogP contribution in [0, 0.1) is 5.92 Å². The fourth-order valence-corrected chi connectivity index (χ4v) is 6.41. The molecular weight excluding hydrogens is 528 g/mol. The predicted molar refractivity (Wildman–Crippen MR) is 161 cm³/mol. The van der Waals surface area contributed by atoms with Gasteiger partial charge in [0, 0.05) is 55.3 Å². The number of piperazine rings is 1. The quantitative estimate of drug-likeness (QED) is 0.331. The number of carbonyl (C=O) groups excluding carboxylic acids is 2. The number of H-pyrrole nitrogens is 1. The van der Waals surface area contributed by atoms with Gasteiger partial charge in [0.15, 0.2) is 0 Å². The van der Waals surface area contributed by atoms with Gasteiger partial charge in [0.25, 0.3) is 11.5 Å². The van der Waals surface area contributed by atoms with Gasteiger partial charge in [0.1, 0.15) is 0 Å². The number of aromatic amines is 1. The number of nitrogens with one attached hydrogen (secondary N) is 3. The standard InChI is InChI=1S/C33H34N6O3/c1-34-19-20-5-7-22(8-6-20)29-27(30-28-25(31(40)37-36-30)3-2-4-26(28)35-29)21-9-11-23(12-10-21)32(41)38-15-17-39(18-16-38)33(42)24-13-14-24/h2-12,24,27,29,34-35H,13-19H2,1H3,(H,37,40). The van der Waals surface area contributed by atoms with E-state index in [0.717, 1.165) is 47.3 Å². The lowest BCUT2D eigenvalue weighted by Crippen LogP contribution is -2.51. The number of benzene rings is 3. The van der Waals surface area contributed by atoms with Gasteiger partial charge in [0.05, 0.1) is 23.0 Å². The van der Waals surface area contributed by atoms with Gasteiger partial charge in [-0.3, -0.25) is 14.4 Å². The second-order valence-electron chi connectivity index (χ2n) is 11.6. The van der Waals surface area contributed by atoms with Gasteiger partial charge in [-0.25, -0.2) is 5.10 Å². The van der Waals surface area contributed by atoms with Crippen molar-refractivity contribution in [2.75, 3.05) is 38.5 Å². The molecule has 3 heterocycles. The lowest BCUT2D eigenvalue weighted by atomic mass is 9.79. The van der Waals surface area contributed by atoms with E-state index in [1.54, 1.807) is 0 Å². The van der Waals surface area contributed by atoms with Gasteiger partial charge in [0.2, 0.25) is 5.91 Å². The summed E-state index contributed by atoms with van der Waals surface area (Å²) in [6.45, 7) is 3.07. The molecule has 1 aliphatic carbocycles. The summed E-state index contributed by atoms with van der Waals surface area (Å²) in [5, 5.41) is 15.6. The largest absolute Gasteiger partial charge is 0.377 e. The fourth-order valence-electron chi connectivity index (χ4n) is 6.41. The van der Waals surface area contributed by atoms with Crippen molar-refractivity contribution >= 4 is 28.3 Å². The van der Waals surface area contributed by atoms with Crippen molar-refractivity contribution in [3.05, 3.63) is 105 Å². The van der Waals surface area contributed by atoms with Crippen molar-refractivity contribution in [2.24, 2.45) is 5.92 Å². The molecule has 214 valence electrons. The number of hydrogen-bond donors (Lipinski definition) is 3. The van der Waals surface area contributed by atoms with Crippen molar-refractivity contribution in [3.63, 3.8) is 0 Å². The van der Waals surface area contributed by atoms with E-state index in [1.165, 1.54) is 5.56 Å². The molecule has 0 bridgehead atoms. The van der Waals surface area contributed by atoms with Crippen LogP contribution in [0.3, 0.4) is 0 Å². The van der Waals surface area contributed by atoms with Crippen LogP contribution in [-0.4, -0.2) is 65.0 Å². The van der Waals surface area contributed by atoms with Crippen molar-refractivity contribution in [1.82, 2.24) is 25.3 Å². The second kappa shape index (κ2) is 10.7. The molecule has 2 aliphatic heterocycles. The summed E-state index contributed by atoms with van der Waals surface area (Å²) in [6.07, 6.45) is 1.99. The third-order valence-electron chi connectivity index (χ3n) is 8.82. The molecular formula is C33H34N6O3. The van der Waals surface area contributed by atoms with Crippen LogP contribution in [0.15, 0.2) is 71.5 Å². The Labute approximate surface area is 243 Å². The van der Waals surface area contributed by atoms with Crippen LogP contribution in [0.1, 0.15) is 57.5 Å². The lowest BCUT2D eigenvalue weighted by molar-refractivity contribution is -0.134. The molecule has 1 aromatic heterocycles. The van der Waals surface area contributed by atoms with Crippen LogP contribution >= 0.6 is 0 Å². The minimum absolute atomic E-state index is 0.0200. The van der Waals surface area contributed by atoms with Gasteiger partial charge in [-0.05, 0) is 60.8 Å². The summed E-state index contributed by atoms with van der Waals surface area (Å²) in [6, 6.07) is 21.9. The Balaban J connectivity index is 1.19. The van der Waals surface area contributed by atoms with Crippen LogP contribution < -0.4 is 16.2 Å². The first-order valence-corrected chi connectivity index (χ1v) is 14.7. The molecule has 9 heteroatoms. The third kappa shape index (κ3) is 4.73. The zero-order chi connectivity index (χ0) is 28.8. The molecule has 2 amide bonds. The van der Waals surface area contributed by atoms with Crippen LogP contribution in [-0.2, 0) is 11.3 Å². The average molecular weight is 563 g/mol. The van der Waals surface area contributed by atoms with Gasteiger partial charge in [-0.1, -0.05) is 42.5 Å². The van der Waals surface area contributed by atoms with Crippen molar-refractivity contribution in [3.8, 4) is 0 Å². The van der Waals surface area contributed by atoms with E-state index in [4.69, 9.17) is 0 Å². The first kappa shape index (κ1) is 26.4. The Hall–Kier alpha value is -4.50. The van der Waals surface area contributed by atoms with E-state index in [1.807, 2.05) is 59.3 Å². The summed E-state index contributed by atoms with van der Waals surface area (Å²) >= 11 is 0. The number of anilines is 1. The Morgan fingerprint density at radius 3 is 2.29 bits per heavy atom. The first-order valence-electron chi connectivity index (χ1n) is 14.7. The third-order valence-corrected chi connectivity index (χ3v) is 8.82. The zero-order valence-electron chi connectivity index (χ0n) is 23.6. The Morgan fingerprint density at radius 1 is 0.905 bits per heavy atom. The number of nitrogens with zero attached hydrogens (tertiary/aromatic N) is 3. The van der Waals surface area contributed by atoms with Gasteiger partial charge in [-0.2, -0.15) is 5.10 Å². The molecule has 1 saturated heterocycles. The van der Waals surface area contributed by atoms with E-state index < -0.39 is 0 Å². The van der Waals surface area contributed by atoms with E-state index in [-0.39, 0.29) is 35.3 Å². The highest BCUT2D eigenvalue weighted by atomic mass is 16.2. The molecule has 3 aromatic carbocycles. The van der Waals surface area contributed by atoms with Crippen molar-refractivity contribution in [2.45, 2.75) is 31.3 Å². The summed E-state index contributed by atoms with van der Waals surface area (Å²) in [4.78, 5) is 42.2. The maximum absolute atomic E-state index is 13.4. The maximum Gasteiger partial charge on any atom is 0.272 e. The van der Waals surface area contributed by atoms with Crippen molar-refractivity contribution in [1.29, 1.82) is 0 Å². The van der Waals surface area contributed by atoms with E-state index in [2.05, 4.69) is 45.1 Å². The molecule has 9 nitrogen and oxygen atoms in total. The van der Waals surface area contributed by atoms with E-state index >= 15 is 0 Å². The van der Waals surface area contributed by atoms with Gasteiger partial charge >= 0.3 is 0 Å². The highest BCUT2D eigenvalue weighted by Crippen LogP contribution is 2.46. The molecule has 0 radical (unpaired) electrons. The van der Waals surface area contributed by atoms with Crippen LogP contribution in [0.4, 0.5) is 5.69 Å². The molecule has 1 saturated carbocycles. The topological polar surface area (TPSA) is 110 Å². The number of amides is 2. The number of rotatable bonds is 6. The second-order valence-corrected chi connectivity index (χ2v) is 11.6. The Kier molecular flexibility index (Phi) is 6.74. The zero-order valence-corrected chi connectivity index (χ0v) is 23.6. The first-order chi connectivity index (χ1) is 20.5. The SMILES string of the molecule is CNCc1ccc(C2Nc3cccc4c(=O)[nH]nc(c34)C2c2ccc(C(=O)N3CCN(C(=O)C4CC4)CC3)cc2)cc1. The van der Waals surface area contributed by atoms with E-state index in [9.17, 15) is 14.4 Å². The smallest absolute Gasteiger partial charge is 0.272 e. The Bertz CT molecular complexity index is 1700. The molecule has 4 aromatic rings.